The zero-order valence-electron chi connectivity index (χ0n) is 9.32. The van der Waals surface area contributed by atoms with Gasteiger partial charge in [0.1, 0.15) is 0 Å². The van der Waals surface area contributed by atoms with Crippen LogP contribution in [0.15, 0.2) is 36.4 Å². The van der Waals surface area contributed by atoms with E-state index in [2.05, 4.69) is 15.6 Å². The highest BCUT2D eigenvalue weighted by Gasteiger charge is 2.18. The number of nitrogens with zero attached hydrogens (tertiary/aromatic N) is 1. The van der Waals surface area contributed by atoms with Crippen molar-refractivity contribution in [2.24, 2.45) is 0 Å². The molecule has 0 fully saturated rings. The summed E-state index contributed by atoms with van der Waals surface area (Å²) in [4.78, 5) is 16.4. The second-order valence-electron chi connectivity index (χ2n) is 3.97. The van der Waals surface area contributed by atoms with Crippen molar-refractivity contribution >= 4 is 23.1 Å². The highest BCUT2D eigenvalue weighted by molar-refractivity contribution is 6.11. The van der Waals surface area contributed by atoms with E-state index in [9.17, 15) is 4.79 Å². The first-order valence-electron chi connectivity index (χ1n) is 5.39. The van der Waals surface area contributed by atoms with Crippen LogP contribution in [0.2, 0.25) is 0 Å². The van der Waals surface area contributed by atoms with E-state index >= 15 is 0 Å². The van der Waals surface area contributed by atoms with E-state index in [-0.39, 0.29) is 5.91 Å². The van der Waals surface area contributed by atoms with Gasteiger partial charge in [-0.1, -0.05) is 12.1 Å². The number of benzene rings is 1. The Kier molecular flexibility index (Phi) is 2.08. The number of fused-ring (bicyclic) bond motifs is 2. The molecule has 0 saturated carbocycles. The molecule has 0 bridgehead atoms. The quantitative estimate of drug-likeness (QED) is 0.724. The van der Waals surface area contributed by atoms with Crippen LogP contribution >= 0.6 is 0 Å². The monoisotopic (exact) mass is 225 g/mol. The number of anilines is 3. The van der Waals surface area contributed by atoms with Gasteiger partial charge in [0, 0.05) is 5.69 Å². The Morgan fingerprint density at radius 3 is 2.71 bits per heavy atom. The number of aromatic nitrogens is 1. The average molecular weight is 225 g/mol. The van der Waals surface area contributed by atoms with Crippen LogP contribution in [0.3, 0.4) is 0 Å². The van der Waals surface area contributed by atoms with Gasteiger partial charge in [0.2, 0.25) is 0 Å². The lowest BCUT2D eigenvalue weighted by atomic mass is 10.1. The van der Waals surface area contributed by atoms with E-state index in [4.69, 9.17) is 0 Å². The summed E-state index contributed by atoms with van der Waals surface area (Å²) in [5, 5.41) is 6.02. The van der Waals surface area contributed by atoms with Crippen LogP contribution in [-0.4, -0.2) is 10.9 Å². The number of carbonyl (C=O) groups excluding carboxylic acids is 1. The van der Waals surface area contributed by atoms with Gasteiger partial charge < -0.3 is 10.6 Å². The van der Waals surface area contributed by atoms with Crippen molar-refractivity contribution in [1.82, 2.24) is 4.98 Å². The van der Waals surface area contributed by atoms with Gasteiger partial charge in [0.05, 0.1) is 16.9 Å². The van der Waals surface area contributed by atoms with Gasteiger partial charge in [-0.05, 0) is 31.2 Å². The molecule has 1 aromatic carbocycles. The third-order valence-corrected chi connectivity index (χ3v) is 2.71. The molecule has 1 amide bonds. The first kappa shape index (κ1) is 9.84. The van der Waals surface area contributed by atoms with E-state index in [0.717, 1.165) is 11.4 Å². The molecular formula is C13H11N3O. The highest BCUT2D eigenvalue weighted by Crippen LogP contribution is 2.30. The number of rotatable bonds is 0. The number of para-hydroxylation sites is 1. The minimum Gasteiger partial charge on any atom is -0.338 e. The summed E-state index contributed by atoms with van der Waals surface area (Å²) in [6, 6.07) is 11.1. The van der Waals surface area contributed by atoms with Gasteiger partial charge in [0.25, 0.3) is 5.91 Å². The second-order valence-corrected chi connectivity index (χ2v) is 3.97. The van der Waals surface area contributed by atoms with Gasteiger partial charge in [-0.2, -0.15) is 0 Å². The first-order valence-corrected chi connectivity index (χ1v) is 5.39. The molecular weight excluding hydrogens is 214 g/mol. The summed E-state index contributed by atoms with van der Waals surface area (Å²) in [5.41, 5.74) is 3.02. The predicted octanol–water partition coefficient (Wildman–Crippen LogP) is 2.70. The number of pyridine rings is 1. The molecule has 4 heteroatoms. The highest BCUT2D eigenvalue weighted by atomic mass is 16.1. The zero-order chi connectivity index (χ0) is 11.8. The maximum atomic E-state index is 12.0. The van der Waals surface area contributed by atoms with Crippen molar-refractivity contribution < 1.29 is 4.79 Å². The molecule has 0 unspecified atom stereocenters. The normalized spacial score (nSPS) is 12.9. The Morgan fingerprint density at radius 2 is 1.82 bits per heavy atom. The molecule has 17 heavy (non-hydrogen) atoms. The standard InChI is InChI=1S/C13H11N3O/c1-8-6-7-11-12(14-8)15-10-5-3-2-4-9(10)13(17)16-11/h2-7H,1H3,(H,14,15)(H,16,17). The van der Waals surface area contributed by atoms with Crippen molar-refractivity contribution in [2.75, 3.05) is 10.6 Å². The van der Waals surface area contributed by atoms with Crippen LogP contribution in [0.1, 0.15) is 16.1 Å². The van der Waals surface area contributed by atoms with Crippen molar-refractivity contribution in [3.63, 3.8) is 0 Å². The largest absolute Gasteiger partial charge is 0.338 e. The molecule has 2 heterocycles. The molecule has 0 radical (unpaired) electrons. The fourth-order valence-corrected chi connectivity index (χ4v) is 1.86. The summed E-state index contributed by atoms with van der Waals surface area (Å²) in [6.07, 6.45) is 0. The number of nitrogens with one attached hydrogen (secondary N) is 2. The molecule has 1 aliphatic heterocycles. The molecule has 2 aromatic rings. The van der Waals surface area contributed by atoms with E-state index in [1.54, 1.807) is 6.07 Å². The lowest BCUT2D eigenvalue weighted by Gasteiger charge is -2.07. The van der Waals surface area contributed by atoms with Crippen LogP contribution in [0.5, 0.6) is 0 Å². The van der Waals surface area contributed by atoms with Gasteiger partial charge >= 0.3 is 0 Å². The topological polar surface area (TPSA) is 54.0 Å². The SMILES string of the molecule is Cc1ccc2c(n1)Nc1ccccc1C(=O)N2. The van der Waals surface area contributed by atoms with Crippen molar-refractivity contribution in [1.29, 1.82) is 0 Å². The smallest absolute Gasteiger partial charge is 0.257 e. The second kappa shape index (κ2) is 3.59. The Labute approximate surface area is 98.7 Å². The lowest BCUT2D eigenvalue weighted by molar-refractivity contribution is 0.102. The van der Waals surface area contributed by atoms with E-state index < -0.39 is 0 Å². The van der Waals surface area contributed by atoms with Crippen LogP contribution < -0.4 is 10.6 Å². The number of carbonyl (C=O) groups is 1. The molecule has 84 valence electrons. The summed E-state index contributed by atoms with van der Waals surface area (Å²) in [7, 11) is 0. The van der Waals surface area contributed by atoms with Crippen LogP contribution in [0.4, 0.5) is 17.2 Å². The van der Waals surface area contributed by atoms with Crippen molar-refractivity contribution in [2.45, 2.75) is 6.92 Å². The van der Waals surface area contributed by atoms with E-state index in [1.807, 2.05) is 37.3 Å². The summed E-state index contributed by atoms with van der Waals surface area (Å²) in [5.74, 6) is 0.570. The minimum absolute atomic E-state index is 0.113. The molecule has 0 spiro atoms. The first-order chi connectivity index (χ1) is 8.24. The fourth-order valence-electron chi connectivity index (χ4n) is 1.86. The third-order valence-electron chi connectivity index (χ3n) is 2.71. The van der Waals surface area contributed by atoms with Crippen LogP contribution in [-0.2, 0) is 0 Å². The number of hydrogen-bond donors (Lipinski definition) is 2. The van der Waals surface area contributed by atoms with Crippen molar-refractivity contribution in [3.05, 3.63) is 47.7 Å². The summed E-state index contributed by atoms with van der Waals surface area (Å²) >= 11 is 0. The Balaban J connectivity index is 2.18. The van der Waals surface area contributed by atoms with Gasteiger partial charge in [-0.25, -0.2) is 4.98 Å². The molecule has 3 rings (SSSR count). The molecule has 2 N–H and O–H groups in total. The van der Waals surface area contributed by atoms with Gasteiger partial charge in [0.15, 0.2) is 5.82 Å². The van der Waals surface area contributed by atoms with Crippen molar-refractivity contribution in [3.8, 4) is 0 Å². The van der Waals surface area contributed by atoms with Crippen LogP contribution in [0, 0.1) is 6.92 Å². The lowest BCUT2D eigenvalue weighted by Crippen LogP contribution is -2.10. The average Bonchev–Trinajstić information content (AvgIpc) is 2.46. The maximum absolute atomic E-state index is 12.0. The number of amides is 1. The van der Waals surface area contributed by atoms with Gasteiger partial charge in [-0.3, -0.25) is 4.79 Å². The zero-order valence-corrected chi connectivity index (χ0v) is 9.32. The molecule has 0 atom stereocenters. The third kappa shape index (κ3) is 1.63. The Morgan fingerprint density at radius 1 is 1.00 bits per heavy atom. The molecule has 1 aliphatic rings. The fraction of sp³-hybridized carbons (Fsp3) is 0.0769. The minimum atomic E-state index is -0.113. The van der Waals surface area contributed by atoms with Crippen LogP contribution in [0.25, 0.3) is 0 Å². The Bertz CT molecular complexity index is 607. The van der Waals surface area contributed by atoms with E-state index in [0.29, 0.717) is 17.1 Å². The van der Waals surface area contributed by atoms with Gasteiger partial charge in [-0.15, -0.1) is 0 Å². The molecule has 1 aromatic heterocycles. The molecule has 0 aliphatic carbocycles. The predicted molar refractivity (Wildman–Crippen MR) is 66.7 cm³/mol. The number of hydrogen-bond acceptors (Lipinski definition) is 3. The number of aryl methyl sites for hydroxylation is 1. The summed E-state index contributed by atoms with van der Waals surface area (Å²) in [6.45, 7) is 1.92. The summed E-state index contributed by atoms with van der Waals surface area (Å²) < 4.78 is 0. The van der Waals surface area contributed by atoms with E-state index in [1.165, 1.54) is 0 Å². The Hall–Kier alpha value is -2.36. The maximum Gasteiger partial charge on any atom is 0.257 e. The molecule has 0 saturated heterocycles. The molecule has 4 nitrogen and oxygen atoms in total.